The fourth-order valence-corrected chi connectivity index (χ4v) is 3.14. The molecule has 0 radical (unpaired) electrons. The normalized spacial score (nSPS) is 10.8. The quantitative estimate of drug-likeness (QED) is 0.439. The number of aromatic nitrogens is 3. The fraction of sp³-hybridized carbons (Fsp3) is 0.174. The number of carbonyl (C=O) groups excluding carboxylic acids is 1. The molecule has 0 aliphatic heterocycles. The summed E-state index contributed by atoms with van der Waals surface area (Å²) in [6.45, 7) is 4.50. The summed E-state index contributed by atoms with van der Waals surface area (Å²) in [6.07, 6.45) is 3.34. The third kappa shape index (κ3) is 5.13. The van der Waals surface area contributed by atoms with Gasteiger partial charge in [0.05, 0.1) is 24.0 Å². The van der Waals surface area contributed by atoms with Crippen LogP contribution in [0.3, 0.4) is 0 Å². The summed E-state index contributed by atoms with van der Waals surface area (Å²) < 4.78 is 12.8. The number of anilines is 1. The van der Waals surface area contributed by atoms with Crippen molar-refractivity contribution in [2.75, 3.05) is 5.32 Å². The summed E-state index contributed by atoms with van der Waals surface area (Å²) in [5.74, 6) is 0.863. The lowest BCUT2D eigenvalue weighted by Gasteiger charge is -2.07. The van der Waals surface area contributed by atoms with E-state index in [0.717, 1.165) is 11.1 Å². The second kappa shape index (κ2) is 9.06. The van der Waals surface area contributed by atoms with Crippen LogP contribution < -0.4 is 10.1 Å². The van der Waals surface area contributed by atoms with Crippen LogP contribution in [0.25, 0.3) is 0 Å². The average molecular weight is 437 g/mol. The van der Waals surface area contributed by atoms with Crippen molar-refractivity contribution in [3.63, 3.8) is 0 Å². The smallest absolute Gasteiger partial charge is 0.278 e. The standard InChI is InChI=1S/C23H21ClN4O3/c1-15-3-9-20(10-4-15)30-14-21-16(2)31-27-22(21)23(29)26-19-11-25-28(13-19)12-17-5-7-18(24)8-6-17/h3-11,13H,12,14H2,1-2H3,(H,26,29). The molecule has 1 amide bonds. The second-order valence-corrected chi connectivity index (χ2v) is 7.61. The third-order valence-electron chi connectivity index (χ3n) is 4.75. The Morgan fingerprint density at radius 1 is 1.13 bits per heavy atom. The molecular weight excluding hydrogens is 416 g/mol. The zero-order valence-electron chi connectivity index (χ0n) is 17.1. The maximum atomic E-state index is 12.8. The summed E-state index contributed by atoms with van der Waals surface area (Å²) in [5, 5.41) is 11.7. The summed E-state index contributed by atoms with van der Waals surface area (Å²) in [7, 11) is 0. The minimum atomic E-state index is -0.384. The summed E-state index contributed by atoms with van der Waals surface area (Å²) in [6, 6.07) is 15.2. The number of benzene rings is 2. The first-order valence-corrected chi connectivity index (χ1v) is 10.1. The number of carbonyl (C=O) groups is 1. The van der Waals surface area contributed by atoms with Gasteiger partial charge in [0, 0.05) is 11.2 Å². The number of nitrogens with one attached hydrogen (secondary N) is 1. The maximum absolute atomic E-state index is 12.8. The molecule has 2 aromatic heterocycles. The van der Waals surface area contributed by atoms with Crippen LogP contribution in [0.5, 0.6) is 5.75 Å². The van der Waals surface area contributed by atoms with E-state index in [4.69, 9.17) is 20.9 Å². The van der Waals surface area contributed by atoms with E-state index in [2.05, 4.69) is 15.6 Å². The zero-order valence-corrected chi connectivity index (χ0v) is 17.9. The summed E-state index contributed by atoms with van der Waals surface area (Å²) in [4.78, 5) is 12.8. The van der Waals surface area contributed by atoms with Crippen LogP contribution in [-0.4, -0.2) is 20.8 Å². The number of ether oxygens (including phenoxy) is 1. The van der Waals surface area contributed by atoms with Crippen LogP contribution in [0, 0.1) is 13.8 Å². The van der Waals surface area contributed by atoms with Crippen molar-refractivity contribution in [3.05, 3.63) is 94.1 Å². The first-order valence-electron chi connectivity index (χ1n) is 9.71. The molecular formula is C23H21ClN4O3. The molecule has 2 heterocycles. The predicted molar refractivity (Wildman–Crippen MR) is 117 cm³/mol. The highest BCUT2D eigenvalue weighted by Gasteiger charge is 2.21. The lowest BCUT2D eigenvalue weighted by Crippen LogP contribution is -2.15. The first kappa shape index (κ1) is 20.7. The molecule has 4 aromatic rings. The van der Waals surface area contributed by atoms with E-state index in [1.54, 1.807) is 24.0 Å². The lowest BCUT2D eigenvalue weighted by molar-refractivity contribution is 0.101. The van der Waals surface area contributed by atoms with E-state index in [9.17, 15) is 4.79 Å². The van der Waals surface area contributed by atoms with E-state index in [-0.39, 0.29) is 18.2 Å². The molecule has 31 heavy (non-hydrogen) atoms. The van der Waals surface area contributed by atoms with Gasteiger partial charge in [-0.1, -0.05) is 46.6 Å². The van der Waals surface area contributed by atoms with Crippen LogP contribution in [0.4, 0.5) is 5.69 Å². The number of hydrogen-bond acceptors (Lipinski definition) is 5. The van der Waals surface area contributed by atoms with Gasteiger partial charge in [0.15, 0.2) is 5.69 Å². The zero-order chi connectivity index (χ0) is 21.8. The Bertz CT molecular complexity index is 1180. The molecule has 0 aliphatic rings. The van der Waals surface area contributed by atoms with Crippen LogP contribution in [0.2, 0.25) is 5.02 Å². The Morgan fingerprint density at radius 2 is 1.87 bits per heavy atom. The van der Waals surface area contributed by atoms with Gasteiger partial charge in [0.25, 0.3) is 5.91 Å². The molecule has 0 bridgehead atoms. The Hall–Kier alpha value is -3.58. The van der Waals surface area contributed by atoms with Gasteiger partial charge in [-0.3, -0.25) is 9.48 Å². The van der Waals surface area contributed by atoms with Crippen molar-refractivity contribution < 1.29 is 14.1 Å². The molecule has 0 atom stereocenters. The lowest BCUT2D eigenvalue weighted by atomic mass is 10.2. The number of amides is 1. The predicted octanol–water partition coefficient (Wildman–Crippen LogP) is 5.02. The highest BCUT2D eigenvalue weighted by atomic mass is 35.5. The van der Waals surface area contributed by atoms with Crippen LogP contribution in [0.15, 0.2) is 65.4 Å². The molecule has 0 unspecified atom stereocenters. The van der Waals surface area contributed by atoms with Gasteiger partial charge in [-0.2, -0.15) is 5.10 Å². The SMILES string of the molecule is Cc1ccc(OCc2c(C(=O)Nc3cnn(Cc4ccc(Cl)cc4)c3)noc2C)cc1. The Balaban J connectivity index is 1.41. The average Bonchev–Trinajstić information content (AvgIpc) is 3.35. The number of halogens is 1. The fourth-order valence-electron chi connectivity index (χ4n) is 3.01. The Morgan fingerprint density at radius 3 is 2.61 bits per heavy atom. The van der Waals surface area contributed by atoms with Crippen molar-refractivity contribution in [1.82, 2.24) is 14.9 Å². The van der Waals surface area contributed by atoms with E-state index < -0.39 is 0 Å². The summed E-state index contributed by atoms with van der Waals surface area (Å²) >= 11 is 5.92. The highest BCUT2D eigenvalue weighted by molar-refractivity contribution is 6.30. The minimum absolute atomic E-state index is 0.178. The molecule has 1 N–H and O–H groups in total. The van der Waals surface area contributed by atoms with Crippen molar-refractivity contribution in [2.24, 2.45) is 0 Å². The topological polar surface area (TPSA) is 82.2 Å². The minimum Gasteiger partial charge on any atom is -0.489 e. The molecule has 8 heteroatoms. The molecule has 0 aliphatic carbocycles. The van der Waals surface area contributed by atoms with E-state index in [1.165, 1.54) is 0 Å². The van der Waals surface area contributed by atoms with E-state index in [0.29, 0.717) is 34.3 Å². The van der Waals surface area contributed by atoms with Gasteiger partial charge in [-0.15, -0.1) is 0 Å². The second-order valence-electron chi connectivity index (χ2n) is 7.17. The van der Waals surface area contributed by atoms with Crippen molar-refractivity contribution in [2.45, 2.75) is 27.0 Å². The Labute approximate surface area is 184 Å². The van der Waals surface area contributed by atoms with Crippen molar-refractivity contribution in [3.8, 4) is 5.75 Å². The molecule has 0 spiro atoms. The number of aryl methyl sites for hydroxylation is 2. The van der Waals surface area contributed by atoms with Crippen LogP contribution in [-0.2, 0) is 13.2 Å². The van der Waals surface area contributed by atoms with Crippen molar-refractivity contribution in [1.29, 1.82) is 0 Å². The van der Waals surface area contributed by atoms with Gasteiger partial charge in [0.1, 0.15) is 18.1 Å². The van der Waals surface area contributed by atoms with Gasteiger partial charge in [-0.05, 0) is 43.7 Å². The monoisotopic (exact) mass is 436 g/mol. The van der Waals surface area contributed by atoms with Crippen LogP contribution in [0.1, 0.15) is 32.9 Å². The molecule has 158 valence electrons. The molecule has 0 fully saturated rings. The van der Waals surface area contributed by atoms with Crippen molar-refractivity contribution >= 4 is 23.2 Å². The van der Waals surface area contributed by atoms with E-state index in [1.807, 2.05) is 55.5 Å². The molecule has 7 nitrogen and oxygen atoms in total. The first-order chi connectivity index (χ1) is 15.0. The van der Waals surface area contributed by atoms with Crippen LogP contribution >= 0.6 is 11.6 Å². The van der Waals surface area contributed by atoms with Gasteiger partial charge >= 0.3 is 0 Å². The summed E-state index contributed by atoms with van der Waals surface area (Å²) in [5.41, 5.74) is 3.55. The molecule has 4 rings (SSSR count). The highest BCUT2D eigenvalue weighted by Crippen LogP contribution is 2.20. The molecule has 2 aromatic carbocycles. The maximum Gasteiger partial charge on any atom is 0.278 e. The van der Waals surface area contributed by atoms with Gasteiger partial charge in [-0.25, -0.2) is 0 Å². The third-order valence-corrected chi connectivity index (χ3v) is 5.00. The van der Waals surface area contributed by atoms with E-state index >= 15 is 0 Å². The van der Waals surface area contributed by atoms with Gasteiger partial charge in [0.2, 0.25) is 0 Å². The van der Waals surface area contributed by atoms with Gasteiger partial charge < -0.3 is 14.6 Å². The number of rotatable bonds is 7. The number of nitrogens with zero attached hydrogens (tertiary/aromatic N) is 3. The largest absolute Gasteiger partial charge is 0.489 e. The Kier molecular flexibility index (Phi) is 6.04. The molecule has 0 saturated heterocycles. The number of hydrogen-bond donors (Lipinski definition) is 1. The molecule has 0 saturated carbocycles.